The summed E-state index contributed by atoms with van der Waals surface area (Å²) in [6, 6.07) is 5.45. The Balaban J connectivity index is 1.97. The smallest absolute Gasteiger partial charge is 0.340 e. The summed E-state index contributed by atoms with van der Waals surface area (Å²) in [5, 5.41) is 2.90. The highest BCUT2D eigenvalue weighted by atomic mass is 16.5. The van der Waals surface area contributed by atoms with Gasteiger partial charge in [-0.1, -0.05) is 0 Å². The third-order valence-corrected chi connectivity index (χ3v) is 4.59. The molecule has 1 aromatic heterocycles. The Kier molecular flexibility index (Phi) is 7.49. The van der Waals surface area contributed by atoms with Crippen molar-refractivity contribution in [3.63, 3.8) is 0 Å². The summed E-state index contributed by atoms with van der Waals surface area (Å²) in [5.41, 5.74) is 3.85. The second kappa shape index (κ2) is 9.82. The molecule has 7 nitrogen and oxygen atoms in total. The van der Waals surface area contributed by atoms with Gasteiger partial charge in [0.05, 0.1) is 26.4 Å². The zero-order chi connectivity index (χ0) is 20.7. The van der Waals surface area contributed by atoms with E-state index in [-0.39, 0.29) is 11.9 Å². The predicted octanol–water partition coefficient (Wildman–Crippen LogP) is 3.07. The number of H-pyrrole nitrogens is 1. The van der Waals surface area contributed by atoms with Gasteiger partial charge in [-0.25, -0.2) is 4.79 Å². The molecule has 0 radical (unpaired) electrons. The molecule has 28 heavy (non-hydrogen) atoms. The van der Waals surface area contributed by atoms with Gasteiger partial charge in [0, 0.05) is 29.9 Å². The van der Waals surface area contributed by atoms with Crippen LogP contribution in [0.4, 0.5) is 0 Å². The van der Waals surface area contributed by atoms with E-state index in [4.69, 9.17) is 14.2 Å². The molecule has 0 bridgehead atoms. The highest BCUT2D eigenvalue weighted by Crippen LogP contribution is 2.24. The minimum atomic E-state index is -0.338. The van der Waals surface area contributed by atoms with E-state index in [1.165, 1.54) is 0 Å². The number of hydrogen-bond acceptors (Lipinski definition) is 5. The van der Waals surface area contributed by atoms with Crippen LogP contribution in [0.1, 0.15) is 46.2 Å². The molecular weight excluding hydrogens is 360 g/mol. The number of carbonyl (C=O) groups excluding carboxylic acids is 2. The lowest BCUT2D eigenvalue weighted by molar-refractivity contribution is -0.121. The highest BCUT2D eigenvalue weighted by molar-refractivity contribution is 5.92. The highest BCUT2D eigenvalue weighted by Gasteiger charge is 2.19. The van der Waals surface area contributed by atoms with Crippen molar-refractivity contribution < 1.29 is 23.8 Å². The fourth-order valence-corrected chi connectivity index (χ4v) is 3.11. The van der Waals surface area contributed by atoms with Crippen molar-refractivity contribution in [2.75, 3.05) is 20.8 Å². The van der Waals surface area contributed by atoms with Gasteiger partial charge in [0.15, 0.2) is 0 Å². The number of benzene rings is 1. The van der Waals surface area contributed by atoms with Gasteiger partial charge < -0.3 is 24.5 Å². The third kappa shape index (κ3) is 5.06. The number of carbonyl (C=O) groups is 2. The Bertz CT molecular complexity index is 842. The lowest BCUT2D eigenvalue weighted by Crippen LogP contribution is -2.23. The first kappa shape index (κ1) is 21.3. The van der Waals surface area contributed by atoms with Crippen molar-refractivity contribution in [1.29, 1.82) is 0 Å². The molecular formula is C21H28N2O5. The van der Waals surface area contributed by atoms with Gasteiger partial charge in [-0.3, -0.25) is 4.79 Å². The number of ether oxygens (including phenoxy) is 3. The maximum atomic E-state index is 12.3. The van der Waals surface area contributed by atoms with E-state index in [2.05, 4.69) is 10.3 Å². The maximum absolute atomic E-state index is 12.3. The van der Waals surface area contributed by atoms with Crippen LogP contribution in [0, 0.1) is 13.8 Å². The molecule has 0 aliphatic carbocycles. The molecule has 0 atom stereocenters. The molecule has 2 N–H and O–H groups in total. The number of rotatable bonds is 9. The van der Waals surface area contributed by atoms with Crippen LogP contribution in [-0.4, -0.2) is 37.7 Å². The summed E-state index contributed by atoms with van der Waals surface area (Å²) in [4.78, 5) is 27.6. The Morgan fingerprint density at radius 2 is 1.89 bits per heavy atom. The number of aromatic nitrogens is 1. The predicted molar refractivity (Wildman–Crippen MR) is 106 cm³/mol. The maximum Gasteiger partial charge on any atom is 0.340 e. The van der Waals surface area contributed by atoms with E-state index in [0.717, 1.165) is 22.5 Å². The molecule has 1 amide bonds. The van der Waals surface area contributed by atoms with Gasteiger partial charge in [-0.15, -0.1) is 0 Å². The van der Waals surface area contributed by atoms with Gasteiger partial charge in [0.1, 0.15) is 11.5 Å². The fourth-order valence-electron chi connectivity index (χ4n) is 3.11. The summed E-state index contributed by atoms with van der Waals surface area (Å²) in [7, 11) is 3.18. The Hall–Kier alpha value is -2.96. The first-order valence-electron chi connectivity index (χ1n) is 9.24. The standard InChI is InChI=1S/C21H28N2O5/c1-6-28-21(25)20-13(2)17(23-14(20)3)8-10-19(24)22-12-15-11-16(26-4)7-9-18(15)27-5/h7,9,11,23H,6,8,10,12H2,1-5H3,(H,22,24). The number of methoxy groups -OCH3 is 2. The van der Waals surface area contributed by atoms with Gasteiger partial charge in [-0.05, 0) is 51.0 Å². The molecule has 0 aliphatic heterocycles. The number of nitrogens with one attached hydrogen (secondary N) is 2. The van der Waals surface area contributed by atoms with Crippen molar-refractivity contribution in [1.82, 2.24) is 10.3 Å². The van der Waals surface area contributed by atoms with E-state index in [0.29, 0.717) is 43.1 Å². The van der Waals surface area contributed by atoms with Crippen molar-refractivity contribution in [3.05, 3.63) is 46.3 Å². The summed E-state index contributed by atoms with van der Waals surface area (Å²) in [6.45, 7) is 6.14. The molecule has 1 aromatic carbocycles. The van der Waals surface area contributed by atoms with E-state index < -0.39 is 0 Å². The van der Waals surface area contributed by atoms with E-state index in [1.54, 1.807) is 21.1 Å². The van der Waals surface area contributed by atoms with Crippen molar-refractivity contribution in [3.8, 4) is 11.5 Å². The minimum Gasteiger partial charge on any atom is -0.497 e. The fraction of sp³-hybridized carbons (Fsp3) is 0.429. The topological polar surface area (TPSA) is 89.7 Å². The normalized spacial score (nSPS) is 10.5. The van der Waals surface area contributed by atoms with Gasteiger partial charge >= 0.3 is 5.97 Å². The molecule has 152 valence electrons. The van der Waals surface area contributed by atoms with Crippen LogP contribution in [0.15, 0.2) is 18.2 Å². The zero-order valence-electron chi connectivity index (χ0n) is 17.1. The molecule has 0 saturated heterocycles. The number of aromatic amines is 1. The molecule has 1 heterocycles. The number of amides is 1. The lowest BCUT2D eigenvalue weighted by Gasteiger charge is -2.11. The van der Waals surface area contributed by atoms with Gasteiger partial charge in [0.25, 0.3) is 0 Å². The summed E-state index contributed by atoms with van der Waals surface area (Å²) >= 11 is 0. The second-order valence-electron chi connectivity index (χ2n) is 6.40. The van der Waals surface area contributed by atoms with Crippen LogP contribution in [0.3, 0.4) is 0 Å². The summed E-state index contributed by atoms with van der Waals surface area (Å²) in [6.07, 6.45) is 0.808. The first-order valence-corrected chi connectivity index (χ1v) is 9.24. The molecule has 0 aliphatic rings. The molecule has 0 spiro atoms. The molecule has 2 aromatic rings. The SMILES string of the molecule is CCOC(=O)c1c(C)[nH]c(CCC(=O)NCc2cc(OC)ccc2OC)c1C. The van der Waals surface area contributed by atoms with Crippen LogP contribution in [0.25, 0.3) is 0 Å². The van der Waals surface area contributed by atoms with Gasteiger partial charge in [-0.2, -0.15) is 0 Å². The average Bonchev–Trinajstić information content (AvgIpc) is 2.97. The van der Waals surface area contributed by atoms with Gasteiger partial charge in [0.2, 0.25) is 5.91 Å². The largest absolute Gasteiger partial charge is 0.497 e. The van der Waals surface area contributed by atoms with Crippen LogP contribution in [-0.2, 0) is 22.5 Å². The Morgan fingerprint density at radius 3 is 2.54 bits per heavy atom. The Morgan fingerprint density at radius 1 is 1.14 bits per heavy atom. The third-order valence-electron chi connectivity index (χ3n) is 4.59. The van der Waals surface area contributed by atoms with Crippen LogP contribution in [0.5, 0.6) is 11.5 Å². The average molecular weight is 388 g/mol. The number of aryl methyl sites for hydroxylation is 2. The van der Waals surface area contributed by atoms with Crippen molar-refractivity contribution in [2.45, 2.75) is 40.2 Å². The molecule has 2 rings (SSSR count). The minimum absolute atomic E-state index is 0.0887. The van der Waals surface area contributed by atoms with Crippen molar-refractivity contribution >= 4 is 11.9 Å². The summed E-state index contributed by atoms with van der Waals surface area (Å²) in [5.74, 6) is 0.967. The summed E-state index contributed by atoms with van der Waals surface area (Å²) < 4.78 is 15.6. The molecule has 0 fully saturated rings. The number of hydrogen-bond donors (Lipinski definition) is 2. The second-order valence-corrected chi connectivity index (χ2v) is 6.40. The van der Waals surface area contributed by atoms with Crippen LogP contribution in [0.2, 0.25) is 0 Å². The number of esters is 1. The van der Waals surface area contributed by atoms with Crippen LogP contribution < -0.4 is 14.8 Å². The van der Waals surface area contributed by atoms with Crippen LogP contribution >= 0.6 is 0 Å². The Labute approximate surface area is 165 Å². The van der Waals surface area contributed by atoms with E-state index in [9.17, 15) is 9.59 Å². The zero-order valence-corrected chi connectivity index (χ0v) is 17.1. The first-order chi connectivity index (χ1) is 13.4. The monoisotopic (exact) mass is 388 g/mol. The quantitative estimate of drug-likeness (QED) is 0.645. The lowest BCUT2D eigenvalue weighted by atomic mass is 10.1. The molecule has 0 saturated carbocycles. The van der Waals surface area contributed by atoms with E-state index >= 15 is 0 Å². The molecule has 7 heteroatoms. The van der Waals surface area contributed by atoms with Crippen molar-refractivity contribution in [2.24, 2.45) is 0 Å². The molecule has 0 unspecified atom stereocenters. The van der Waals surface area contributed by atoms with E-state index in [1.807, 2.05) is 32.0 Å².